The fourth-order valence-corrected chi connectivity index (χ4v) is 3.36. The van der Waals surface area contributed by atoms with Gasteiger partial charge < -0.3 is 5.11 Å². The van der Waals surface area contributed by atoms with E-state index in [1.807, 2.05) is 19.1 Å². The molecule has 0 bridgehead atoms. The molecule has 0 spiro atoms. The van der Waals surface area contributed by atoms with E-state index in [9.17, 15) is 5.11 Å². The molecule has 4 nitrogen and oxygen atoms in total. The molecule has 1 N–H and O–H groups in total. The SMILES string of the molecule is CCn1c(O)c(C=C2C=Nc3ccncc32)sc1=S. The molecule has 0 amide bonds. The molecule has 3 heterocycles. The highest BCUT2D eigenvalue weighted by molar-refractivity contribution is 7.73. The van der Waals surface area contributed by atoms with Crippen molar-refractivity contribution in [2.75, 3.05) is 0 Å². The normalized spacial score (nSPS) is 15.1. The first-order chi connectivity index (χ1) is 9.20. The van der Waals surface area contributed by atoms with E-state index in [1.54, 1.807) is 23.2 Å². The number of fused-ring (bicyclic) bond motifs is 1. The topological polar surface area (TPSA) is 50.4 Å². The van der Waals surface area contributed by atoms with Crippen molar-refractivity contribution in [3.05, 3.63) is 32.9 Å². The van der Waals surface area contributed by atoms with E-state index in [0.29, 0.717) is 10.5 Å². The van der Waals surface area contributed by atoms with Crippen LogP contribution in [0, 0.1) is 3.95 Å². The van der Waals surface area contributed by atoms with E-state index >= 15 is 0 Å². The van der Waals surface area contributed by atoms with Gasteiger partial charge in [-0.15, -0.1) is 11.3 Å². The number of rotatable bonds is 2. The maximum absolute atomic E-state index is 10.1. The first-order valence-corrected chi connectivity index (χ1v) is 7.06. The van der Waals surface area contributed by atoms with Gasteiger partial charge in [0, 0.05) is 36.3 Å². The Labute approximate surface area is 119 Å². The van der Waals surface area contributed by atoms with Crippen LogP contribution in [0.1, 0.15) is 17.4 Å². The Morgan fingerprint density at radius 2 is 2.37 bits per heavy atom. The third kappa shape index (κ3) is 2.02. The second-order valence-corrected chi connectivity index (χ2v) is 5.73. The Kier molecular flexibility index (Phi) is 3.04. The average molecular weight is 289 g/mol. The van der Waals surface area contributed by atoms with Crippen molar-refractivity contribution in [1.82, 2.24) is 9.55 Å². The highest BCUT2D eigenvalue weighted by Crippen LogP contribution is 2.35. The van der Waals surface area contributed by atoms with Crippen molar-refractivity contribution in [1.29, 1.82) is 0 Å². The number of allylic oxidation sites excluding steroid dienone is 1. The van der Waals surface area contributed by atoms with Crippen LogP contribution in [0.4, 0.5) is 5.69 Å². The lowest BCUT2D eigenvalue weighted by Gasteiger charge is -2.00. The van der Waals surface area contributed by atoms with Crippen LogP contribution in [0.15, 0.2) is 23.5 Å². The monoisotopic (exact) mass is 289 g/mol. The van der Waals surface area contributed by atoms with Crippen LogP contribution in [-0.4, -0.2) is 20.9 Å². The van der Waals surface area contributed by atoms with Gasteiger partial charge in [-0.3, -0.25) is 14.5 Å². The molecule has 1 aliphatic rings. The second-order valence-electron chi connectivity index (χ2n) is 4.05. The summed E-state index contributed by atoms with van der Waals surface area (Å²) in [6.07, 6.45) is 7.18. The minimum Gasteiger partial charge on any atom is -0.493 e. The summed E-state index contributed by atoms with van der Waals surface area (Å²) in [5.74, 6) is 0.218. The molecule has 1 aliphatic heterocycles. The van der Waals surface area contributed by atoms with Gasteiger partial charge in [-0.2, -0.15) is 0 Å². The third-order valence-electron chi connectivity index (χ3n) is 2.95. The summed E-state index contributed by atoms with van der Waals surface area (Å²) in [6, 6.07) is 1.87. The molecule has 2 aromatic rings. The van der Waals surface area contributed by atoms with Crippen molar-refractivity contribution in [2.24, 2.45) is 4.99 Å². The molecule has 0 fully saturated rings. The van der Waals surface area contributed by atoms with E-state index in [1.165, 1.54) is 11.3 Å². The molecular formula is C13H11N3OS2. The molecule has 0 aliphatic carbocycles. The molecule has 19 heavy (non-hydrogen) atoms. The first kappa shape index (κ1) is 12.3. The number of nitrogens with zero attached hydrogens (tertiary/aromatic N) is 3. The summed E-state index contributed by atoms with van der Waals surface area (Å²) in [7, 11) is 0. The second kappa shape index (κ2) is 4.71. The lowest BCUT2D eigenvalue weighted by molar-refractivity contribution is 0.419. The van der Waals surface area contributed by atoms with Crippen LogP contribution in [0.2, 0.25) is 0 Å². The fraction of sp³-hybridized carbons (Fsp3) is 0.154. The van der Waals surface area contributed by atoms with E-state index < -0.39 is 0 Å². The summed E-state index contributed by atoms with van der Waals surface area (Å²) < 4.78 is 2.39. The summed E-state index contributed by atoms with van der Waals surface area (Å²) in [5.41, 5.74) is 2.82. The predicted octanol–water partition coefficient (Wildman–Crippen LogP) is 3.66. The highest BCUT2D eigenvalue weighted by Gasteiger charge is 2.14. The van der Waals surface area contributed by atoms with Crippen molar-refractivity contribution in [3.63, 3.8) is 0 Å². The molecule has 0 saturated heterocycles. The van der Waals surface area contributed by atoms with Crippen molar-refractivity contribution < 1.29 is 5.11 Å². The smallest absolute Gasteiger partial charge is 0.210 e. The number of hydrogen-bond acceptors (Lipinski definition) is 5. The standard InChI is InChI=1S/C13H11N3OS2/c1-2-16-12(17)11(19-13(16)18)5-8-6-15-10-3-4-14-7-9(8)10/h3-7,17H,2H2,1H3. The van der Waals surface area contributed by atoms with Crippen molar-refractivity contribution >= 4 is 47.1 Å². The lowest BCUT2D eigenvalue weighted by Crippen LogP contribution is -1.91. The zero-order chi connectivity index (χ0) is 13.4. The Hall–Kier alpha value is -1.79. The molecule has 6 heteroatoms. The van der Waals surface area contributed by atoms with Gasteiger partial charge in [-0.05, 0) is 31.3 Å². The number of hydrogen-bond donors (Lipinski definition) is 1. The van der Waals surface area contributed by atoms with E-state index in [4.69, 9.17) is 12.2 Å². The Balaban J connectivity index is 2.10. The summed E-state index contributed by atoms with van der Waals surface area (Å²) in [6.45, 7) is 2.62. The maximum atomic E-state index is 10.1. The van der Waals surface area contributed by atoms with Gasteiger partial charge >= 0.3 is 0 Å². The summed E-state index contributed by atoms with van der Waals surface area (Å²) in [4.78, 5) is 9.17. The molecule has 0 unspecified atom stereocenters. The first-order valence-electron chi connectivity index (χ1n) is 5.83. The fourth-order valence-electron chi connectivity index (χ4n) is 1.97. The third-order valence-corrected chi connectivity index (χ3v) is 4.33. The molecule has 3 rings (SSSR count). The maximum Gasteiger partial charge on any atom is 0.210 e. The van der Waals surface area contributed by atoms with E-state index in [0.717, 1.165) is 21.7 Å². The molecule has 0 saturated carbocycles. The van der Waals surface area contributed by atoms with Gasteiger partial charge in [0.2, 0.25) is 5.88 Å². The number of pyridine rings is 1. The van der Waals surface area contributed by atoms with Gasteiger partial charge in [0.25, 0.3) is 0 Å². The Bertz CT molecular complexity index is 755. The molecule has 0 aromatic carbocycles. The van der Waals surface area contributed by atoms with E-state index in [2.05, 4.69) is 9.98 Å². The van der Waals surface area contributed by atoms with Crippen molar-refractivity contribution in [3.8, 4) is 5.88 Å². The average Bonchev–Trinajstić information content (AvgIpc) is 2.93. The Morgan fingerprint density at radius 1 is 1.53 bits per heavy atom. The number of aromatic nitrogens is 2. The highest BCUT2D eigenvalue weighted by atomic mass is 32.1. The van der Waals surface area contributed by atoms with Crippen LogP contribution in [0.3, 0.4) is 0 Å². The largest absolute Gasteiger partial charge is 0.493 e. The summed E-state index contributed by atoms with van der Waals surface area (Å²) >= 11 is 6.62. The number of aromatic hydroxyl groups is 1. The van der Waals surface area contributed by atoms with Crippen LogP contribution >= 0.6 is 23.6 Å². The zero-order valence-electron chi connectivity index (χ0n) is 10.2. The Morgan fingerprint density at radius 3 is 3.11 bits per heavy atom. The number of thiazole rings is 1. The van der Waals surface area contributed by atoms with Crippen LogP contribution in [0.5, 0.6) is 5.88 Å². The van der Waals surface area contributed by atoms with Crippen LogP contribution in [0.25, 0.3) is 11.6 Å². The van der Waals surface area contributed by atoms with Crippen LogP contribution < -0.4 is 0 Å². The zero-order valence-corrected chi connectivity index (χ0v) is 11.8. The predicted molar refractivity (Wildman–Crippen MR) is 80.7 cm³/mol. The molecular weight excluding hydrogens is 278 g/mol. The van der Waals surface area contributed by atoms with Gasteiger partial charge in [0.1, 0.15) is 0 Å². The van der Waals surface area contributed by atoms with Crippen molar-refractivity contribution in [2.45, 2.75) is 13.5 Å². The molecule has 0 radical (unpaired) electrons. The van der Waals surface area contributed by atoms with Gasteiger partial charge in [0.15, 0.2) is 3.95 Å². The summed E-state index contributed by atoms with van der Waals surface area (Å²) in [5, 5.41) is 10.1. The van der Waals surface area contributed by atoms with Gasteiger partial charge in [0.05, 0.1) is 10.6 Å². The molecule has 96 valence electrons. The molecule has 2 aromatic heterocycles. The minimum atomic E-state index is 0.218. The lowest BCUT2D eigenvalue weighted by atomic mass is 10.1. The molecule has 0 atom stereocenters. The van der Waals surface area contributed by atoms with E-state index in [-0.39, 0.29) is 5.88 Å². The van der Waals surface area contributed by atoms with Gasteiger partial charge in [-0.1, -0.05) is 0 Å². The quantitative estimate of drug-likeness (QED) is 0.858. The van der Waals surface area contributed by atoms with Crippen LogP contribution in [-0.2, 0) is 6.54 Å². The minimum absolute atomic E-state index is 0.218. The number of aliphatic imine (C=N–C) groups is 1. The van der Waals surface area contributed by atoms with Gasteiger partial charge in [-0.25, -0.2) is 0 Å².